The minimum Gasteiger partial charge on any atom is -0.444 e. The Balaban J connectivity index is 1.45. The lowest BCUT2D eigenvalue weighted by atomic mass is 9.93. The molecule has 0 radical (unpaired) electrons. The summed E-state index contributed by atoms with van der Waals surface area (Å²) in [5.74, 6) is 0.0596. The number of benzene rings is 2. The molecule has 0 aliphatic carbocycles. The van der Waals surface area contributed by atoms with Gasteiger partial charge in [-0.05, 0) is 101 Å². The summed E-state index contributed by atoms with van der Waals surface area (Å²) in [6.45, 7) is 6.80. The normalized spacial score (nSPS) is 13.8. The molecule has 2 heterocycles. The van der Waals surface area contributed by atoms with Crippen LogP contribution in [0.5, 0.6) is 29.0 Å². The molecule has 0 saturated carbocycles. The minimum absolute atomic E-state index is 0.0967. The van der Waals surface area contributed by atoms with Crippen molar-refractivity contribution in [1.29, 1.82) is 5.26 Å². The molecular formula is C32H33F3N4O6. The number of carbonyl (C=O) groups excluding carboxylic acids is 2. The van der Waals surface area contributed by atoms with Gasteiger partial charge in [-0.1, -0.05) is 0 Å². The van der Waals surface area contributed by atoms with E-state index in [-0.39, 0.29) is 29.0 Å². The molecule has 3 aromatic rings. The number of hydrogen-bond acceptors (Lipinski definition) is 8. The fourth-order valence-electron chi connectivity index (χ4n) is 4.55. The predicted molar refractivity (Wildman–Crippen MR) is 156 cm³/mol. The minimum atomic E-state index is -4.84. The van der Waals surface area contributed by atoms with E-state index in [1.54, 1.807) is 49.9 Å². The van der Waals surface area contributed by atoms with Crippen LogP contribution in [0.4, 0.5) is 18.0 Å². The molecule has 1 fully saturated rings. The number of alkyl carbamates (subject to hydrolysis) is 1. The van der Waals surface area contributed by atoms with Crippen molar-refractivity contribution in [2.75, 3.05) is 19.6 Å². The first-order chi connectivity index (χ1) is 21.3. The Labute approximate surface area is 258 Å². The smallest absolute Gasteiger partial charge is 0.444 e. The second-order valence-electron chi connectivity index (χ2n) is 11.3. The Kier molecular flexibility index (Phi) is 10.4. The second kappa shape index (κ2) is 14.2. The van der Waals surface area contributed by atoms with Crippen LogP contribution in [0, 0.1) is 17.2 Å². The van der Waals surface area contributed by atoms with Crippen molar-refractivity contribution in [2.45, 2.75) is 52.0 Å². The van der Waals surface area contributed by atoms with Gasteiger partial charge in [0.25, 0.3) is 5.91 Å². The maximum atomic E-state index is 13.6. The van der Waals surface area contributed by atoms with Crippen molar-refractivity contribution >= 4 is 12.0 Å². The van der Waals surface area contributed by atoms with E-state index < -0.39 is 23.8 Å². The van der Waals surface area contributed by atoms with Crippen molar-refractivity contribution in [1.82, 2.24) is 15.2 Å². The number of alkyl halides is 3. The summed E-state index contributed by atoms with van der Waals surface area (Å²) in [5, 5.41) is 11.8. The van der Waals surface area contributed by atoms with Crippen LogP contribution in [0.2, 0.25) is 0 Å². The van der Waals surface area contributed by atoms with Gasteiger partial charge in [0.1, 0.15) is 28.4 Å². The topological polar surface area (TPSA) is 123 Å². The zero-order valence-electron chi connectivity index (χ0n) is 25.0. The van der Waals surface area contributed by atoms with Crippen molar-refractivity contribution in [2.24, 2.45) is 5.92 Å². The number of likely N-dealkylation sites (tertiary alicyclic amines) is 1. The number of ether oxygens (including phenoxy) is 4. The monoisotopic (exact) mass is 626 g/mol. The summed E-state index contributed by atoms with van der Waals surface area (Å²) in [6, 6.07) is 16.1. The van der Waals surface area contributed by atoms with Gasteiger partial charge < -0.3 is 29.2 Å². The van der Waals surface area contributed by atoms with E-state index in [4.69, 9.17) is 19.5 Å². The summed E-state index contributed by atoms with van der Waals surface area (Å²) in [7, 11) is 0. The molecule has 13 heteroatoms. The SMILES string of the molecule is CC(C)(C)OC(=O)NCCC1CCN(C(=O)c2ccc(Oc3ccc(C#N)cc3)nc2Oc2ccc(OC(F)(F)F)cc2)CC1. The molecule has 1 aliphatic heterocycles. The van der Waals surface area contributed by atoms with Crippen LogP contribution < -0.4 is 19.5 Å². The average Bonchev–Trinajstić information content (AvgIpc) is 2.97. The van der Waals surface area contributed by atoms with Gasteiger partial charge in [-0.15, -0.1) is 13.2 Å². The summed E-state index contributed by atoms with van der Waals surface area (Å²) in [6.07, 6.45) is -3.11. The zero-order valence-corrected chi connectivity index (χ0v) is 25.0. The second-order valence-corrected chi connectivity index (χ2v) is 11.3. The van der Waals surface area contributed by atoms with E-state index in [0.29, 0.717) is 36.9 Å². The lowest BCUT2D eigenvalue weighted by molar-refractivity contribution is -0.274. The third-order valence-electron chi connectivity index (χ3n) is 6.67. The van der Waals surface area contributed by atoms with Crippen LogP contribution in [0.15, 0.2) is 60.7 Å². The largest absolute Gasteiger partial charge is 0.573 e. The Morgan fingerprint density at radius 3 is 2.13 bits per heavy atom. The number of rotatable bonds is 9. The number of halogens is 3. The van der Waals surface area contributed by atoms with Gasteiger partial charge in [-0.3, -0.25) is 4.79 Å². The fourth-order valence-corrected chi connectivity index (χ4v) is 4.55. The Morgan fingerprint density at radius 2 is 1.53 bits per heavy atom. The highest BCUT2D eigenvalue weighted by Gasteiger charge is 2.31. The summed E-state index contributed by atoms with van der Waals surface area (Å²) in [4.78, 5) is 31.6. The number of nitriles is 1. The molecule has 0 atom stereocenters. The van der Waals surface area contributed by atoms with Gasteiger partial charge >= 0.3 is 12.5 Å². The van der Waals surface area contributed by atoms with E-state index in [2.05, 4.69) is 15.0 Å². The van der Waals surface area contributed by atoms with E-state index in [1.165, 1.54) is 24.3 Å². The van der Waals surface area contributed by atoms with Gasteiger partial charge in [0.05, 0.1) is 11.6 Å². The van der Waals surface area contributed by atoms with Crippen LogP contribution in [0.25, 0.3) is 0 Å². The van der Waals surface area contributed by atoms with Crippen LogP contribution in [-0.4, -0.2) is 53.5 Å². The van der Waals surface area contributed by atoms with E-state index in [9.17, 15) is 22.8 Å². The first-order valence-corrected chi connectivity index (χ1v) is 14.3. The average molecular weight is 627 g/mol. The molecule has 1 aromatic heterocycles. The lowest BCUT2D eigenvalue weighted by Gasteiger charge is -2.32. The molecule has 1 saturated heterocycles. The number of nitrogens with one attached hydrogen (secondary N) is 1. The maximum Gasteiger partial charge on any atom is 0.573 e. The Bertz CT molecular complexity index is 1510. The van der Waals surface area contributed by atoms with Gasteiger partial charge in [0.15, 0.2) is 0 Å². The lowest BCUT2D eigenvalue weighted by Crippen LogP contribution is -2.39. The van der Waals surface area contributed by atoms with Crippen LogP contribution >= 0.6 is 0 Å². The van der Waals surface area contributed by atoms with E-state index in [0.717, 1.165) is 31.4 Å². The number of hydrogen-bond donors (Lipinski definition) is 1. The number of nitrogens with zero attached hydrogens (tertiary/aromatic N) is 3. The third kappa shape index (κ3) is 10.3. The molecule has 238 valence electrons. The zero-order chi connectivity index (χ0) is 32.6. The van der Waals surface area contributed by atoms with Crippen LogP contribution in [0.3, 0.4) is 0 Å². The predicted octanol–water partition coefficient (Wildman–Crippen LogP) is 7.20. The molecule has 0 bridgehead atoms. The van der Waals surface area contributed by atoms with Gasteiger partial charge in [-0.2, -0.15) is 10.2 Å². The van der Waals surface area contributed by atoms with Gasteiger partial charge in [0, 0.05) is 25.7 Å². The molecule has 2 aromatic carbocycles. The van der Waals surface area contributed by atoms with Crippen molar-refractivity contribution in [3.8, 4) is 35.1 Å². The highest BCUT2D eigenvalue weighted by molar-refractivity contribution is 5.96. The van der Waals surface area contributed by atoms with Crippen LogP contribution in [-0.2, 0) is 4.74 Å². The van der Waals surface area contributed by atoms with E-state index in [1.807, 2.05) is 6.07 Å². The first kappa shape index (κ1) is 32.9. The molecule has 1 N–H and O–H groups in total. The van der Waals surface area contributed by atoms with Gasteiger partial charge in [-0.25, -0.2) is 4.79 Å². The van der Waals surface area contributed by atoms with Crippen molar-refractivity contribution in [3.63, 3.8) is 0 Å². The Hall–Kier alpha value is -4.99. The van der Waals surface area contributed by atoms with Crippen molar-refractivity contribution < 1.29 is 41.7 Å². The highest BCUT2D eigenvalue weighted by Crippen LogP contribution is 2.32. The molecule has 45 heavy (non-hydrogen) atoms. The van der Waals surface area contributed by atoms with E-state index >= 15 is 0 Å². The van der Waals surface area contributed by atoms with Crippen molar-refractivity contribution in [3.05, 3.63) is 71.8 Å². The molecule has 2 amide bonds. The number of amides is 2. The number of carbonyl (C=O) groups is 2. The molecule has 10 nitrogen and oxygen atoms in total. The Morgan fingerprint density at radius 1 is 0.933 bits per heavy atom. The standard InChI is InChI=1S/C32H33F3N4O6/c1-31(2,3)45-30(41)37-17-14-21-15-18-39(19-16-21)29(40)26-12-13-27(42-23-6-4-22(20-36)5-7-23)38-28(26)43-24-8-10-25(11-9-24)44-32(33,34)35/h4-13,21H,14-19H2,1-3H3,(H,37,41). The molecular weight excluding hydrogens is 593 g/mol. The summed E-state index contributed by atoms with van der Waals surface area (Å²) < 4.78 is 58.6. The first-order valence-electron chi connectivity index (χ1n) is 14.3. The molecule has 4 rings (SSSR count). The summed E-state index contributed by atoms with van der Waals surface area (Å²) >= 11 is 0. The quantitative estimate of drug-likeness (QED) is 0.265. The summed E-state index contributed by atoms with van der Waals surface area (Å²) in [5.41, 5.74) is 0.00994. The molecule has 0 unspecified atom stereocenters. The fraction of sp³-hybridized carbons (Fsp3) is 0.375. The maximum absolute atomic E-state index is 13.6. The third-order valence-corrected chi connectivity index (χ3v) is 6.67. The molecule has 0 spiro atoms. The molecule has 1 aliphatic rings. The van der Waals surface area contributed by atoms with Gasteiger partial charge in [0.2, 0.25) is 11.8 Å². The number of piperidine rings is 1. The number of aromatic nitrogens is 1. The highest BCUT2D eigenvalue weighted by atomic mass is 19.4. The number of pyridine rings is 1. The van der Waals surface area contributed by atoms with Crippen LogP contribution in [0.1, 0.15) is 56.0 Å².